The van der Waals surface area contributed by atoms with E-state index in [2.05, 4.69) is 31.3 Å². The summed E-state index contributed by atoms with van der Waals surface area (Å²) in [5.41, 5.74) is 0.745. The maximum absolute atomic E-state index is 12.6. The van der Waals surface area contributed by atoms with Crippen LogP contribution in [0.25, 0.3) is 0 Å². The quantitative estimate of drug-likeness (QED) is 0.909. The first-order valence-corrected chi connectivity index (χ1v) is 8.13. The molecule has 1 aromatic rings. The summed E-state index contributed by atoms with van der Waals surface area (Å²) in [6, 6.07) is 8.14. The van der Waals surface area contributed by atoms with Gasteiger partial charge in [-0.25, -0.2) is 0 Å². The van der Waals surface area contributed by atoms with Crippen molar-refractivity contribution in [2.75, 3.05) is 32.8 Å². The van der Waals surface area contributed by atoms with E-state index in [4.69, 9.17) is 4.74 Å². The van der Waals surface area contributed by atoms with Gasteiger partial charge in [0.05, 0.1) is 5.41 Å². The second-order valence-corrected chi connectivity index (χ2v) is 6.94. The predicted octanol–water partition coefficient (Wildman–Crippen LogP) is 2.65. The third-order valence-electron chi connectivity index (χ3n) is 4.11. The Morgan fingerprint density at radius 3 is 2.64 bits per heavy atom. The van der Waals surface area contributed by atoms with Crippen LogP contribution in [0, 0.1) is 5.41 Å². The lowest BCUT2D eigenvalue weighted by atomic mass is 9.92. The smallest absolute Gasteiger partial charge is 0.231 e. The van der Waals surface area contributed by atoms with Gasteiger partial charge in [-0.2, -0.15) is 0 Å². The third-order valence-corrected chi connectivity index (χ3v) is 4.11. The van der Waals surface area contributed by atoms with E-state index in [1.54, 1.807) is 0 Å². The molecule has 0 unspecified atom stereocenters. The Balaban J connectivity index is 1.96. The normalized spacial score (nSPS) is 16.0. The molecule has 4 nitrogen and oxygen atoms in total. The van der Waals surface area contributed by atoms with Gasteiger partial charge < -0.3 is 15.0 Å². The SMILES string of the molecule is CC(C)c1cccc(OCC(C)(C)C(=O)N2CCNCC2)c1. The molecule has 1 amide bonds. The Bertz CT molecular complexity index is 506. The number of piperazine rings is 1. The average Bonchev–Trinajstić information content (AvgIpc) is 2.53. The predicted molar refractivity (Wildman–Crippen MR) is 89.3 cm³/mol. The van der Waals surface area contributed by atoms with Crippen molar-refractivity contribution in [3.63, 3.8) is 0 Å². The van der Waals surface area contributed by atoms with Gasteiger partial charge in [0.15, 0.2) is 0 Å². The number of hydrogen-bond acceptors (Lipinski definition) is 3. The fraction of sp³-hybridized carbons (Fsp3) is 0.611. The first kappa shape index (κ1) is 16.8. The number of benzene rings is 1. The van der Waals surface area contributed by atoms with Crippen molar-refractivity contribution < 1.29 is 9.53 Å². The number of carbonyl (C=O) groups is 1. The molecule has 0 spiro atoms. The highest BCUT2D eigenvalue weighted by atomic mass is 16.5. The van der Waals surface area contributed by atoms with Crippen LogP contribution in [0.5, 0.6) is 5.75 Å². The van der Waals surface area contributed by atoms with Crippen molar-refractivity contribution in [3.05, 3.63) is 29.8 Å². The summed E-state index contributed by atoms with van der Waals surface area (Å²) < 4.78 is 5.91. The maximum atomic E-state index is 12.6. The standard InChI is InChI=1S/C18H28N2O2/c1-14(2)15-6-5-7-16(12-15)22-13-18(3,4)17(21)20-10-8-19-9-11-20/h5-7,12,14,19H,8-11,13H2,1-4H3. The molecule has 1 fully saturated rings. The molecule has 0 bridgehead atoms. The molecule has 1 N–H and O–H groups in total. The molecule has 0 saturated carbocycles. The van der Waals surface area contributed by atoms with E-state index < -0.39 is 5.41 Å². The molecule has 1 heterocycles. The van der Waals surface area contributed by atoms with E-state index in [-0.39, 0.29) is 5.91 Å². The Labute approximate surface area is 133 Å². The van der Waals surface area contributed by atoms with E-state index in [9.17, 15) is 4.79 Å². The molecule has 22 heavy (non-hydrogen) atoms. The van der Waals surface area contributed by atoms with E-state index in [0.29, 0.717) is 12.5 Å². The van der Waals surface area contributed by atoms with Gasteiger partial charge in [-0.1, -0.05) is 26.0 Å². The van der Waals surface area contributed by atoms with E-state index in [0.717, 1.165) is 31.9 Å². The molecular formula is C18H28N2O2. The molecule has 0 aromatic heterocycles. The van der Waals surface area contributed by atoms with Crippen molar-refractivity contribution in [1.82, 2.24) is 10.2 Å². The van der Waals surface area contributed by atoms with Crippen LogP contribution in [0.1, 0.15) is 39.2 Å². The summed E-state index contributed by atoms with van der Waals surface area (Å²) in [6.45, 7) is 12.0. The van der Waals surface area contributed by atoms with Gasteiger partial charge >= 0.3 is 0 Å². The van der Waals surface area contributed by atoms with Gasteiger partial charge in [0.2, 0.25) is 5.91 Å². The van der Waals surface area contributed by atoms with Crippen LogP contribution in [-0.4, -0.2) is 43.6 Å². The highest BCUT2D eigenvalue weighted by Crippen LogP contribution is 2.24. The van der Waals surface area contributed by atoms with Crippen molar-refractivity contribution >= 4 is 5.91 Å². The minimum Gasteiger partial charge on any atom is -0.492 e. The monoisotopic (exact) mass is 304 g/mol. The van der Waals surface area contributed by atoms with Crippen LogP contribution in [0.4, 0.5) is 0 Å². The summed E-state index contributed by atoms with van der Waals surface area (Å²) >= 11 is 0. The van der Waals surface area contributed by atoms with Crippen molar-refractivity contribution in [3.8, 4) is 5.75 Å². The lowest BCUT2D eigenvalue weighted by molar-refractivity contribution is -0.142. The number of carbonyl (C=O) groups excluding carboxylic acids is 1. The van der Waals surface area contributed by atoms with Gasteiger partial charge in [-0.05, 0) is 37.5 Å². The van der Waals surface area contributed by atoms with Crippen LogP contribution >= 0.6 is 0 Å². The van der Waals surface area contributed by atoms with E-state index in [1.807, 2.05) is 30.9 Å². The molecule has 1 saturated heterocycles. The molecule has 0 radical (unpaired) electrons. The largest absolute Gasteiger partial charge is 0.492 e. The van der Waals surface area contributed by atoms with Crippen molar-refractivity contribution in [1.29, 1.82) is 0 Å². The second kappa shape index (κ2) is 7.14. The minimum absolute atomic E-state index is 0.175. The van der Waals surface area contributed by atoms with Crippen LogP contribution < -0.4 is 10.1 Å². The van der Waals surface area contributed by atoms with E-state index in [1.165, 1.54) is 5.56 Å². The van der Waals surface area contributed by atoms with Gasteiger partial charge in [0.25, 0.3) is 0 Å². The molecule has 122 valence electrons. The molecule has 1 aliphatic rings. The lowest BCUT2D eigenvalue weighted by Crippen LogP contribution is -2.51. The summed E-state index contributed by atoms with van der Waals surface area (Å²) in [4.78, 5) is 14.6. The zero-order chi connectivity index (χ0) is 16.2. The number of nitrogens with one attached hydrogen (secondary N) is 1. The van der Waals surface area contributed by atoms with Gasteiger partial charge in [-0.15, -0.1) is 0 Å². The first-order valence-electron chi connectivity index (χ1n) is 8.13. The Morgan fingerprint density at radius 1 is 1.32 bits per heavy atom. The lowest BCUT2D eigenvalue weighted by Gasteiger charge is -2.34. The van der Waals surface area contributed by atoms with Crippen LogP contribution in [0.15, 0.2) is 24.3 Å². The summed E-state index contributed by atoms with van der Waals surface area (Å²) in [7, 11) is 0. The molecule has 4 heteroatoms. The average molecular weight is 304 g/mol. The van der Waals surface area contributed by atoms with Gasteiger partial charge in [0.1, 0.15) is 12.4 Å². The Hall–Kier alpha value is -1.55. The van der Waals surface area contributed by atoms with Crippen LogP contribution in [0.2, 0.25) is 0 Å². The number of nitrogens with zero attached hydrogens (tertiary/aromatic N) is 1. The second-order valence-electron chi connectivity index (χ2n) is 6.94. The zero-order valence-electron chi connectivity index (χ0n) is 14.2. The highest BCUT2D eigenvalue weighted by molar-refractivity contribution is 5.82. The molecule has 1 aromatic carbocycles. The molecule has 1 aliphatic heterocycles. The minimum atomic E-state index is -0.509. The Kier molecular flexibility index (Phi) is 5.46. The van der Waals surface area contributed by atoms with Gasteiger partial charge in [-0.3, -0.25) is 4.79 Å². The molecule has 0 atom stereocenters. The fourth-order valence-corrected chi connectivity index (χ4v) is 2.58. The first-order chi connectivity index (χ1) is 10.4. The third kappa shape index (κ3) is 4.23. The van der Waals surface area contributed by atoms with Crippen LogP contribution in [-0.2, 0) is 4.79 Å². The zero-order valence-corrected chi connectivity index (χ0v) is 14.2. The van der Waals surface area contributed by atoms with Crippen molar-refractivity contribution in [2.45, 2.75) is 33.6 Å². The fourth-order valence-electron chi connectivity index (χ4n) is 2.58. The number of hydrogen-bond donors (Lipinski definition) is 1. The molecule has 0 aliphatic carbocycles. The number of ether oxygens (including phenoxy) is 1. The molecule has 2 rings (SSSR count). The molecular weight excluding hydrogens is 276 g/mol. The van der Waals surface area contributed by atoms with Crippen LogP contribution in [0.3, 0.4) is 0 Å². The van der Waals surface area contributed by atoms with Crippen molar-refractivity contribution in [2.24, 2.45) is 5.41 Å². The number of rotatable bonds is 5. The summed E-state index contributed by atoms with van der Waals surface area (Å²) in [5, 5.41) is 3.27. The Morgan fingerprint density at radius 2 is 2.00 bits per heavy atom. The summed E-state index contributed by atoms with van der Waals surface area (Å²) in [5.74, 6) is 1.49. The maximum Gasteiger partial charge on any atom is 0.231 e. The topological polar surface area (TPSA) is 41.6 Å². The highest BCUT2D eigenvalue weighted by Gasteiger charge is 2.33. The number of amides is 1. The summed E-state index contributed by atoms with van der Waals surface area (Å²) in [6.07, 6.45) is 0. The van der Waals surface area contributed by atoms with E-state index >= 15 is 0 Å². The van der Waals surface area contributed by atoms with Gasteiger partial charge in [0, 0.05) is 26.2 Å².